The van der Waals surface area contributed by atoms with Gasteiger partial charge in [0.15, 0.2) is 17.5 Å². The van der Waals surface area contributed by atoms with Gasteiger partial charge in [0.2, 0.25) is 35.3 Å². The number of carbonyl (C=O) groups is 4. The summed E-state index contributed by atoms with van der Waals surface area (Å²) >= 11 is 0. The smallest absolute Gasteiger partial charge is 0.363 e. The van der Waals surface area contributed by atoms with Crippen LogP contribution >= 0.6 is 0 Å². The lowest BCUT2D eigenvalue weighted by Crippen LogP contribution is -2.39. The Labute approximate surface area is 490 Å². The average molecular weight is 1280 g/mol. The van der Waals surface area contributed by atoms with E-state index in [9.17, 15) is 80.6 Å². The monoisotopic (exact) mass is 1270 g/mol. The van der Waals surface area contributed by atoms with E-state index in [0.29, 0.717) is 13.8 Å². The van der Waals surface area contributed by atoms with Crippen LogP contribution in [0.4, 0.5) is 70.2 Å². The molecule has 4 aromatic heterocycles. The fraction of sp³-hybridized carbons (Fsp3) is 0.593. The second-order valence-electron chi connectivity index (χ2n) is 22.9. The number of primary amides is 1. The van der Waals surface area contributed by atoms with Gasteiger partial charge in [0.1, 0.15) is 29.0 Å². The highest BCUT2D eigenvalue weighted by Gasteiger charge is 2.45. The predicted molar refractivity (Wildman–Crippen MR) is 281 cm³/mol. The molecular formula is C54H62F16N14O4. The SMILES string of the molecule is CC(C)n1nc(C(c2nc3c(F)c(C(CC(F)(F)F)C(=O)NCC(C)(F)F)ccc3[nH]2)C2CCC(F)(F)CC2)nc1C(N)=O.CC(C)n1ncnc1C(=O)NC(c1nc2c(F)c(C(CC(F)(F)F)C(=O)NCC(C)(F)F)ccc2[nH]1)C1CCC(F)(F)CC1. The Morgan fingerprint density at radius 3 is 1.48 bits per heavy atom. The summed E-state index contributed by atoms with van der Waals surface area (Å²) in [5, 5.41) is 14.6. The molecule has 0 radical (unpaired) electrons. The van der Waals surface area contributed by atoms with Crippen LogP contribution in [-0.2, 0) is 9.59 Å². The van der Waals surface area contributed by atoms with Gasteiger partial charge in [-0.1, -0.05) is 12.1 Å². The minimum absolute atomic E-state index is 0.00257. The number of halogens is 16. The highest BCUT2D eigenvalue weighted by atomic mass is 19.4. The van der Waals surface area contributed by atoms with Crippen molar-refractivity contribution in [3.05, 3.63) is 82.5 Å². The molecule has 2 aliphatic carbocycles. The van der Waals surface area contributed by atoms with Crippen molar-refractivity contribution in [2.45, 2.75) is 178 Å². The summed E-state index contributed by atoms with van der Waals surface area (Å²) < 4.78 is 224. The first-order valence-electron chi connectivity index (χ1n) is 27.6. The van der Waals surface area contributed by atoms with Crippen LogP contribution in [0.3, 0.4) is 0 Å². The van der Waals surface area contributed by atoms with Crippen LogP contribution in [0, 0.1) is 23.5 Å². The van der Waals surface area contributed by atoms with E-state index in [1.807, 2.05) is 0 Å². The maximum atomic E-state index is 15.9. The summed E-state index contributed by atoms with van der Waals surface area (Å²) in [7, 11) is 0. The standard InChI is InChI=1S/2C27H31F8N7O2/c1-13(2)42-22(37-12-38-42)24(44)41-19(14-6-8-26(31,32)9-7-14)21-39-17-5-4-15(18(28)20(17)40-21)16(10-27(33,34)35)23(43)36-11-25(3,29)30;1-12(2)42-23(20(36)43)40-22(41-42)17(13-6-8-26(31,32)9-7-13)21-38-16-5-4-14(18(28)19(16)39-21)15(10-27(33,34)35)24(44)37-11-25(3,29)30/h4-5,12-14,16,19H,6-11H2,1-3H3,(H,36,43)(H,39,40)(H,41,44);4-5,12-13,15,17H,6-11H2,1-3H3,(H2,36,43)(H,37,44)(H,38,39). The predicted octanol–water partition coefficient (Wildman–Crippen LogP) is 11.7. The first-order valence-corrected chi connectivity index (χ1v) is 27.6. The molecule has 2 aliphatic rings. The van der Waals surface area contributed by atoms with Crippen molar-refractivity contribution in [3.63, 3.8) is 0 Å². The number of aromatic nitrogens is 10. The van der Waals surface area contributed by atoms with Gasteiger partial charge in [0.05, 0.1) is 60.8 Å². The van der Waals surface area contributed by atoms with Crippen molar-refractivity contribution in [2.75, 3.05) is 13.1 Å². The van der Waals surface area contributed by atoms with Gasteiger partial charge in [-0.3, -0.25) is 19.2 Å². The molecule has 0 saturated heterocycles. The van der Waals surface area contributed by atoms with E-state index in [1.54, 1.807) is 38.3 Å². The van der Waals surface area contributed by atoms with Crippen molar-refractivity contribution in [1.82, 2.24) is 65.4 Å². The van der Waals surface area contributed by atoms with Gasteiger partial charge in [-0.25, -0.2) is 73.2 Å². The van der Waals surface area contributed by atoms with Crippen LogP contribution < -0.4 is 21.7 Å². The molecule has 2 aromatic carbocycles. The zero-order chi connectivity index (χ0) is 65.4. The number of nitrogens with zero attached hydrogens (tertiary/aromatic N) is 8. The minimum Gasteiger partial charge on any atom is -0.363 e. The number of hydrogen-bond donors (Lipinski definition) is 6. The Balaban J connectivity index is 0.000000251. The topological polar surface area (TPSA) is 249 Å². The lowest BCUT2D eigenvalue weighted by atomic mass is 9.78. The number of benzene rings is 2. The number of fused-ring (bicyclic) bond motifs is 2. The van der Waals surface area contributed by atoms with Gasteiger partial charge in [-0.2, -0.15) is 36.5 Å². The van der Waals surface area contributed by atoms with Crippen molar-refractivity contribution in [3.8, 4) is 0 Å². The number of nitrogens with two attached hydrogens (primary N) is 1. The second kappa shape index (κ2) is 25.9. The van der Waals surface area contributed by atoms with Gasteiger partial charge < -0.3 is 31.7 Å². The maximum Gasteiger partial charge on any atom is 0.390 e. The summed E-state index contributed by atoms with van der Waals surface area (Å²) in [5.74, 6) is -26.7. The van der Waals surface area contributed by atoms with Gasteiger partial charge in [-0.15, -0.1) is 0 Å². The molecule has 34 heteroatoms. The normalized spacial score (nSPS) is 17.6. The lowest BCUT2D eigenvalue weighted by molar-refractivity contribution is -0.148. The Kier molecular flexibility index (Phi) is 20.0. The molecule has 88 heavy (non-hydrogen) atoms. The van der Waals surface area contributed by atoms with E-state index in [-0.39, 0.29) is 77.9 Å². The Hall–Kier alpha value is -7.58. The van der Waals surface area contributed by atoms with Crippen LogP contribution in [0.15, 0.2) is 30.6 Å². The molecule has 6 aromatic rings. The number of alkyl halides is 14. The maximum absolute atomic E-state index is 15.9. The van der Waals surface area contributed by atoms with Crippen LogP contribution in [0.5, 0.6) is 0 Å². The molecule has 8 rings (SSSR count). The fourth-order valence-corrected chi connectivity index (χ4v) is 10.6. The van der Waals surface area contributed by atoms with Gasteiger partial charge in [-0.05, 0) is 77.3 Å². The number of amides is 4. The molecule has 4 atom stereocenters. The fourth-order valence-electron chi connectivity index (χ4n) is 10.6. The average Bonchev–Trinajstić information content (AvgIpc) is 4.41. The summed E-state index contributed by atoms with van der Waals surface area (Å²) in [6.07, 6.45) is -14.4. The van der Waals surface area contributed by atoms with Crippen molar-refractivity contribution >= 4 is 45.7 Å². The Morgan fingerprint density at radius 1 is 0.636 bits per heavy atom. The van der Waals surface area contributed by atoms with E-state index in [2.05, 4.69) is 45.4 Å². The zero-order valence-corrected chi connectivity index (χ0v) is 47.8. The molecule has 0 spiro atoms. The van der Waals surface area contributed by atoms with Crippen LogP contribution in [0.2, 0.25) is 0 Å². The molecule has 18 nitrogen and oxygen atoms in total. The van der Waals surface area contributed by atoms with Crippen LogP contribution in [-0.4, -0.2) is 122 Å². The van der Waals surface area contributed by atoms with Gasteiger partial charge in [0.25, 0.3) is 23.7 Å². The highest BCUT2D eigenvalue weighted by molar-refractivity contribution is 5.91. The number of nitrogens with one attached hydrogen (secondary N) is 5. The number of H-pyrrole nitrogens is 2. The molecule has 4 unspecified atom stereocenters. The highest BCUT2D eigenvalue weighted by Crippen LogP contribution is 2.46. The van der Waals surface area contributed by atoms with Crippen molar-refractivity contribution < 1.29 is 89.4 Å². The minimum atomic E-state index is -4.96. The largest absolute Gasteiger partial charge is 0.390 e. The number of aromatic amines is 2. The van der Waals surface area contributed by atoms with Crippen molar-refractivity contribution in [2.24, 2.45) is 17.6 Å². The lowest BCUT2D eigenvalue weighted by Gasteiger charge is -2.33. The van der Waals surface area contributed by atoms with E-state index in [0.717, 1.165) is 12.1 Å². The third-order valence-corrected chi connectivity index (χ3v) is 14.9. The molecule has 484 valence electrons. The summed E-state index contributed by atoms with van der Waals surface area (Å²) in [6.45, 7) is 5.31. The molecular weight excluding hydrogens is 1210 g/mol. The number of imidazole rings is 2. The summed E-state index contributed by atoms with van der Waals surface area (Å²) in [6, 6.07) is 2.48. The molecule has 2 fully saturated rings. The summed E-state index contributed by atoms with van der Waals surface area (Å²) in [5.41, 5.74) is 3.04. The first kappa shape index (κ1) is 67.9. The number of rotatable bonds is 20. The van der Waals surface area contributed by atoms with E-state index < -0.39 is 181 Å². The Morgan fingerprint density at radius 2 is 1.07 bits per heavy atom. The molecule has 4 amide bonds. The summed E-state index contributed by atoms with van der Waals surface area (Å²) in [4.78, 5) is 72.9. The number of carbonyl (C=O) groups excluding carboxylic acids is 4. The third kappa shape index (κ3) is 17.0. The van der Waals surface area contributed by atoms with Crippen LogP contribution in [0.1, 0.15) is 191 Å². The molecule has 0 aliphatic heterocycles. The van der Waals surface area contributed by atoms with E-state index >= 15 is 8.78 Å². The molecule has 2 saturated carbocycles. The van der Waals surface area contributed by atoms with Gasteiger partial charge in [0, 0.05) is 62.7 Å². The zero-order valence-electron chi connectivity index (χ0n) is 47.8. The molecule has 0 bridgehead atoms. The Bertz CT molecular complexity index is 3450. The van der Waals surface area contributed by atoms with Crippen LogP contribution in [0.25, 0.3) is 22.1 Å². The van der Waals surface area contributed by atoms with E-state index in [1.165, 1.54) is 27.8 Å². The second-order valence-corrected chi connectivity index (χ2v) is 22.9. The van der Waals surface area contributed by atoms with E-state index in [4.69, 9.17) is 5.73 Å². The molecule has 4 heterocycles. The number of hydrogen-bond acceptors (Lipinski definition) is 10. The van der Waals surface area contributed by atoms with Gasteiger partial charge >= 0.3 is 12.4 Å². The third-order valence-electron chi connectivity index (χ3n) is 14.9. The molecule has 7 N–H and O–H groups in total. The quantitative estimate of drug-likeness (QED) is 0.0394. The van der Waals surface area contributed by atoms with Crippen molar-refractivity contribution in [1.29, 1.82) is 0 Å². The first-order chi connectivity index (χ1) is 40.6.